The van der Waals surface area contributed by atoms with Gasteiger partial charge in [-0.05, 0) is 12.5 Å². The van der Waals surface area contributed by atoms with E-state index in [1.807, 2.05) is 0 Å². The van der Waals surface area contributed by atoms with Gasteiger partial charge in [-0.15, -0.1) is 0 Å². The number of H-pyrrole nitrogens is 1. The molecule has 0 aliphatic rings. The molecule has 0 aliphatic heterocycles. The molecule has 7 heteroatoms. The summed E-state index contributed by atoms with van der Waals surface area (Å²) in [4.78, 5) is 5.53. The van der Waals surface area contributed by atoms with Crippen LogP contribution >= 0.6 is 0 Å². The zero-order valence-electron chi connectivity index (χ0n) is 6.24. The molecule has 0 aromatic carbocycles. The molecule has 1 aromatic heterocycles. The van der Waals surface area contributed by atoms with Crippen molar-refractivity contribution in [3.8, 4) is 0 Å². The number of imidazole rings is 1. The van der Waals surface area contributed by atoms with E-state index in [-0.39, 0.29) is 57.2 Å². The standard InChI is InChI=1S/C4H5BF3N2.K/c1-3-9-2-4(10-3)5(6,7)8;/h2H,1H3,(H,9,10);/q-1;+1. The molecule has 1 N–H and O–H groups in total. The Morgan fingerprint density at radius 3 is 2.18 bits per heavy atom. The molecule has 0 spiro atoms. The van der Waals surface area contributed by atoms with Crippen LogP contribution in [0.2, 0.25) is 0 Å². The predicted octanol–water partition coefficient (Wildman–Crippen LogP) is -2.22. The Hall–Kier alpha value is 0.701. The van der Waals surface area contributed by atoms with Crippen LogP contribution in [0.25, 0.3) is 0 Å². The van der Waals surface area contributed by atoms with Gasteiger partial charge in [0.2, 0.25) is 0 Å². The molecule has 56 valence electrons. The summed E-state index contributed by atoms with van der Waals surface area (Å²) < 4.78 is 35.4. The van der Waals surface area contributed by atoms with Gasteiger partial charge < -0.3 is 17.9 Å². The maximum Gasteiger partial charge on any atom is 1.00 e. The summed E-state index contributed by atoms with van der Waals surface area (Å²) in [6.45, 7) is -3.42. The number of rotatable bonds is 1. The van der Waals surface area contributed by atoms with Gasteiger partial charge in [0.05, 0.1) is 5.82 Å². The van der Waals surface area contributed by atoms with E-state index in [0.717, 1.165) is 6.20 Å². The van der Waals surface area contributed by atoms with Crippen LogP contribution in [0.4, 0.5) is 12.9 Å². The molecular formula is C4H5BF3KN2. The summed E-state index contributed by atoms with van der Waals surface area (Å²) in [6.07, 6.45) is 0.801. The van der Waals surface area contributed by atoms with Crippen LogP contribution in [-0.2, 0) is 0 Å². The Labute approximate surface area is 104 Å². The zero-order valence-corrected chi connectivity index (χ0v) is 9.36. The van der Waals surface area contributed by atoms with E-state index in [1.165, 1.54) is 6.92 Å². The molecule has 0 aliphatic carbocycles. The van der Waals surface area contributed by atoms with E-state index in [1.54, 1.807) is 0 Å². The quantitative estimate of drug-likeness (QED) is 0.497. The van der Waals surface area contributed by atoms with E-state index >= 15 is 0 Å². The van der Waals surface area contributed by atoms with Crippen LogP contribution in [0.1, 0.15) is 5.82 Å². The van der Waals surface area contributed by atoms with Crippen molar-refractivity contribution in [1.29, 1.82) is 0 Å². The second-order valence-corrected chi connectivity index (χ2v) is 2.00. The van der Waals surface area contributed by atoms with Crippen LogP contribution in [0, 0.1) is 6.92 Å². The van der Waals surface area contributed by atoms with Gasteiger partial charge in [0.25, 0.3) is 0 Å². The predicted molar refractivity (Wildman–Crippen MR) is 32.0 cm³/mol. The van der Waals surface area contributed by atoms with Gasteiger partial charge in [-0.3, -0.25) is 0 Å². The second-order valence-electron chi connectivity index (χ2n) is 2.00. The Balaban J connectivity index is 0.000001000. The molecule has 0 bridgehead atoms. The third-order valence-corrected chi connectivity index (χ3v) is 1.08. The summed E-state index contributed by atoms with van der Waals surface area (Å²) in [7, 11) is 0. The number of halogens is 3. The zero-order chi connectivity index (χ0) is 7.78. The normalized spacial score (nSPS) is 10.9. The summed E-state index contributed by atoms with van der Waals surface area (Å²) >= 11 is 0. The maximum absolute atomic E-state index is 11.8. The Bertz CT molecular complexity index is 233. The van der Waals surface area contributed by atoms with Crippen LogP contribution in [0.15, 0.2) is 6.20 Å². The number of hydrogen-bond donors (Lipinski definition) is 1. The number of aromatic nitrogens is 2. The van der Waals surface area contributed by atoms with Crippen molar-refractivity contribution < 1.29 is 64.3 Å². The van der Waals surface area contributed by atoms with Crippen molar-refractivity contribution in [2.75, 3.05) is 0 Å². The number of aryl methyl sites for hydroxylation is 1. The minimum Gasteiger partial charge on any atom is -0.444 e. The third-order valence-electron chi connectivity index (χ3n) is 1.08. The van der Waals surface area contributed by atoms with Gasteiger partial charge in [0.15, 0.2) is 0 Å². The first-order chi connectivity index (χ1) is 4.50. The fourth-order valence-corrected chi connectivity index (χ4v) is 0.606. The first-order valence-corrected chi connectivity index (χ1v) is 2.71. The molecule has 1 rings (SSSR count). The largest absolute Gasteiger partial charge is 1.00 e. The molecule has 0 saturated carbocycles. The van der Waals surface area contributed by atoms with E-state index in [4.69, 9.17) is 0 Å². The summed E-state index contributed by atoms with van der Waals surface area (Å²) in [5, 5.41) is 0. The second kappa shape index (κ2) is 4.09. The Morgan fingerprint density at radius 1 is 1.45 bits per heavy atom. The van der Waals surface area contributed by atoms with Crippen LogP contribution < -0.4 is 57.0 Å². The van der Waals surface area contributed by atoms with Crippen LogP contribution in [-0.4, -0.2) is 16.9 Å². The van der Waals surface area contributed by atoms with Crippen molar-refractivity contribution >= 4 is 12.6 Å². The molecule has 0 fully saturated rings. The average molecular weight is 188 g/mol. The molecule has 0 unspecified atom stereocenters. The molecule has 0 atom stereocenters. The van der Waals surface area contributed by atoms with Crippen molar-refractivity contribution in [2.24, 2.45) is 0 Å². The van der Waals surface area contributed by atoms with Gasteiger partial charge in [0.1, 0.15) is 0 Å². The number of nitrogens with zero attached hydrogens (tertiary/aromatic N) is 1. The van der Waals surface area contributed by atoms with Crippen molar-refractivity contribution in [2.45, 2.75) is 6.92 Å². The van der Waals surface area contributed by atoms with E-state index in [9.17, 15) is 12.9 Å². The van der Waals surface area contributed by atoms with Crippen LogP contribution in [0.5, 0.6) is 0 Å². The number of nitrogens with one attached hydrogen (secondary N) is 1. The third kappa shape index (κ3) is 3.29. The molecule has 2 nitrogen and oxygen atoms in total. The fourth-order valence-electron chi connectivity index (χ4n) is 0.606. The minimum absolute atomic E-state index is 0. The summed E-state index contributed by atoms with van der Waals surface area (Å²) in [6, 6.07) is 0. The first-order valence-electron chi connectivity index (χ1n) is 2.71. The molecule has 11 heavy (non-hydrogen) atoms. The van der Waals surface area contributed by atoms with E-state index < -0.39 is 12.6 Å². The van der Waals surface area contributed by atoms with Crippen molar-refractivity contribution in [3.63, 3.8) is 0 Å². The average Bonchev–Trinajstić information content (AvgIpc) is 2.11. The van der Waals surface area contributed by atoms with Gasteiger partial charge in [-0.1, -0.05) is 0 Å². The summed E-state index contributed by atoms with van der Waals surface area (Å²) in [5.74, 6) is 0.286. The van der Waals surface area contributed by atoms with Crippen molar-refractivity contribution in [3.05, 3.63) is 12.0 Å². The number of hydrogen-bond acceptors (Lipinski definition) is 1. The molecule has 1 heterocycles. The molecule has 0 amide bonds. The summed E-state index contributed by atoms with van der Waals surface area (Å²) in [5.41, 5.74) is -0.738. The van der Waals surface area contributed by atoms with Crippen molar-refractivity contribution in [1.82, 2.24) is 9.97 Å². The smallest absolute Gasteiger partial charge is 0.444 e. The monoisotopic (exact) mass is 188 g/mol. The van der Waals surface area contributed by atoms with Gasteiger partial charge in [-0.2, -0.15) is 0 Å². The molecule has 0 saturated heterocycles. The first kappa shape index (κ1) is 11.7. The molecular weight excluding hydrogens is 183 g/mol. The Kier molecular flexibility index (Phi) is 4.35. The van der Waals surface area contributed by atoms with Gasteiger partial charge in [-0.25, -0.2) is 4.98 Å². The Morgan fingerprint density at radius 2 is 2.00 bits per heavy atom. The van der Waals surface area contributed by atoms with E-state index in [2.05, 4.69) is 9.97 Å². The minimum atomic E-state index is -4.90. The fraction of sp³-hybridized carbons (Fsp3) is 0.250. The topological polar surface area (TPSA) is 28.7 Å². The SMILES string of the molecule is Cc1ncc([B-](F)(F)F)[nH]1.[K+]. The maximum atomic E-state index is 11.8. The molecule has 0 radical (unpaired) electrons. The van der Waals surface area contributed by atoms with Crippen LogP contribution in [0.3, 0.4) is 0 Å². The number of aromatic amines is 1. The molecule has 1 aromatic rings. The van der Waals surface area contributed by atoms with E-state index in [0.29, 0.717) is 0 Å². The van der Waals surface area contributed by atoms with Gasteiger partial charge in [0, 0.05) is 6.20 Å². The van der Waals surface area contributed by atoms with Gasteiger partial charge >= 0.3 is 58.4 Å².